The van der Waals surface area contributed by atoms with Gasteiger partial charge in [-0.05, 0) is 19.8 Å². The van der Waals surface area contributed by atoms with E-state index in [1.54, 1.807) is 6.33 Å². The highest BCUT2D eigenvalue weighted by Gasteiger charge is 2.22. The van der Waals surface area contributed by atoms with Crippen molar-refractivity contribution >= 4 is 17.0 Å². The van der Waals surface area contributed by atoms with Crippen molar-refractivity contribution in [3.8, 4) is 0 Å². The van der Waals surface area contributed by atoms with Crippen LogP contribution in [0.5, 0.6) is 0 Å². The minimum absolute atomic E-state index is 0.568. The molecule has 6 nitrogen and oxygen atoms in total. The Balaban J connectivity index is 1.97. The predicted molar refractivity (Wildman–Crippen MR) is 74.1 cm³/mol. The molecular weight excluding hydrogens is 240 g/mol. The third-order valence-electron chi connectivity index (χ3n) is 4.04. The van der Waals surface area contributed by atoms with Gasteiger partial charge in [-0.15, -0.1) is 5.10 Å². The van der Waals surface area contributed by atoms with Crippen molar-refractivity contribution in [2.45, 2.75) is 51.6 Å². The van der Waals surface area contributed by atoms with Crippen LogP contribution in [-0.4, -0.2) is 38.1 Å². The summed E-state index contributed by atoms with van der Waals surface area (Å²) >= 11 is 0. The molecule has 0 bridgehead atoms. The monoisotopic (exact) mass is 260 g/mol. The van der Waals surface area contributed by atoms with E-state index in [2.05, 4.69) is 32.2 Å². The molecule has 1 saturated carbocycles. The minimum atomic E-state index is 0.568. The van der Waals surface area contributed by atoms with Crippen LogP contribution in [0.4, 0.5) is 5.82 Å². The van der Waals surface area contributed by atoms with E-state index >= 15 is 0 Å². The second kappa shape index (κ2) is 5.11. The maximum atomic E-state index is 4.43. The zero-order valence-corrected chi connectivity index (χ0v) is 11.6. The van der Waals surface area contributed by atoms with Crippen LogP contribution in [0.3, 0.4) is 0 Å². The van der Waals surface area contributed by atoms with E-state index in [1.165, 1.54) is 32.1 Å². The lowest BCUT2D eigenvalue weighted by atomic mass is 9.94. The van der Waals surface area contributed by atoms with Crippen LogP contribution in [-0.2, 0) is 6.54 Å². The first-order valence-electron chi connectivity index (χ1n) is 7.08. The molecule has 0 amide bonds. The van der Waals surface area contributed by atoms with Gasteiger partial charge in [0.25, 0.3) is 0 Å². The maximum absolute atomic E-state index is 4.43. The number of rotatable bonds is 3. The van der Waals surface area contributed by atoms with Crippen LogP contribution in [0.15, 0.2) is 6.33 Å². The van der Waals surface area contributed by atoms with E-state index in [9.17, 15) is 0 Å². The largest absolute Gasteiger partial charge is 0.355 e. The summed E-state index contributed by atoms with van der Waals surface area (Å²) in [7, 11) is 2.11. The third kappa shape index (κ3) is 2.15. The lowest BCUT2D eigenvalue weighted by Crippen LogP contribution is -2.34. The van der Waals surface area contributed by atoms with E-state index < -0.39 is 0 Å². The first-order chi connectivity index (χ1) is 9.31. The fraction of sp³-hybridized carbons (Fsp3) is 0.692. The molecule has 1 aliphatic carbocycles. The van der Waals surface area contributed by atoms with E-state index in [-0.39, 0.29) is 0 Å². The molecular formula is C13H20N6. The Morgan fingerprint density at radius 1 is 1.26 bits per heavy atom. The Bertz CT molecular complexity index is 557. The molecule has 6 heteroatoms. The topological polar surface area (TPSA) is 59.7 Å². The van der Waals surface area contributed by atoms with Gasteiger partial charge in [-0.1, -0.05) is 24.5 Å². The number of hydrogen-bond acceptors (Lipinski definition) is 5. The van der Waals surface area contributed by atoms with Crippen LogP contribution in [0.1, 0.15) is 39.0 Å². The van der Waals surface area contributed by atoms with E-state index in [0.29, 0.717) is 6.04 Å². The fourth-order valence-electron chi connectivity index (χ4n) is 2.89. The van der Waals surface area contributed by atoms with Gasteiger partial charge in [0.2, 0.25) is 0 Å². The molecule has 0 radical (unpaired) electrons. The Kier molecular flexibility index (Phi) is 3.31. The minimum Gasteiger partial charge on any atom is -0.355 e. The highest BCUT2D eigenvalue weighted by atomic mass is 15.4. The third-order valence-corrected chi connectivity index (χ3v) is 4.04. The number of aryl methyl sites for hydroxylation is 1. The van der Waals surface area contributed by atoms with Crippen molar-refractivity contribution in [1.82, 2.24) is 25.0 Å². The van der Waals surface area contributed by atoms with Gasteiger partial charge in [0, 0.05) is 19.6 Å². The highest BCUT2D eigenvalue weighted by molar-refractivity contribution is 5.82. The van der Waals surface area contributed by atoms with E-state index in [1.807, 2.05) is 11.6 Å². The van der Waals surface area contributed by atoms with Crippen LogP contribution in [0.2, 0.25) is 0 Å². The average Bonchev–Trinajstić information content (AvgIpc) is 2.90. The lowest BCUT2D eigenvalue weighted by Gasteiger charge is -2.31. The normalized spacial score (nSPS) is 16.9. The van der Waals surface area contributed by atoms with E-state index in [0.717, 1.165) is 23.5 Å². The SMILES string of the molecule is CCn1nnc2c(N(C)C3CCCCC3)ncnc21. The molecule has 0 saturated heterocycles. The summed E-state index contributed by atoms with van der Waals surface area (Å²) in [5.41, 5.74) is 1.65. The quantitative estimate of drug-likeness (QED) is 0.845. The first-order valence-corrected chi connectivity index (χ1v) is 7.08. The summed E-state index contributed by atoms with van der Waals surface area (Å²) in [6.45, 7) is 2.82. The Morgan fingerprint density at radius 2 is 2.05 bits per heavy atom. The van der Waals surface area contributed by atoms with Gasteiger partial charge < -0.3 is 4.90 Å². The molecule has 0 aromatic carbocycles. The van der Waals surface area contributed by atoms with Crippen molar-refractivity contribution in [2.24, 2.45) is 0 Å². The summed E-state index contributed by atoms with van der Waals surface area (Å²) in [6.07, 6.45) is 8.08. The number of aromatic nitrogens is 5. The van der Waals surface area contributed by atoms with Gasteiger partial charge >= 0.3 is 0 Å². The van der Waals surface area contributed by atoms with Gasteiger partial charge in [-0.25, -0.2) is 14.6 Å². The molecule has 2 aromatic heterocycles. The van der Waals surface area contributed by atoms with Crippen LogP contribution in [0, 0.1) is 0 Å². The van der Waals surface area contributed by atoms with Gasteiger partial charge in [0.05, 0.1) is 0 Å². The number of hydrogen-bond donors (Lipinski definition) is 0. The molecule has 1 fully saturated rings. The number of fused-ring (bicyclic) bond motifs is 1. The van der Waals surface area contributed by atoms with Crippen molar-refractivity contribution in [1.29, 1.82) is 0 Å². The molecule has 2 heterocycles. The summed E-state index contributed by atoms with van der Waals surface area (Å²) in [5.74, 6) is 0.914. The number of anilines is 1. The van der Waals surface area contributed by atoms with Crippen LogP contribution >= 0.6 is 0 Å². The second-order valence-electron chi connectivity index (χ2n) is 5.18. The standard InChI is InChI=1S/C13H20N6/c1-3-19-13-11(16-17-19)12(14-9-15-13)18(2)10-7-5-4-6-8-10/h9-10H,3-8H2,1-2H3. The molecule has 1 aliphatic rings. The predicted octanol–water partition coefficient (Wildman–Crippen LogP) is 2.01. The lowest BCUT2D eigenvalue weighted by molar-refractivity contribution is 0.426. The maximum Gasteiger partial charge on any atom is 0.183 e. The average molecular weight is 260 g/mol. The summed E-state index contributed by atoms with van der Waals surface area (Å²) in [4.78, 5) is 11.0. The zero-order valence-electron chi connectivity index (χ0n) is 11.6. The molecule has 0 N–H and O–H groups in total. The zero-order chi connectivity index (χ0) is 13.2. The van der Waals surface area contributed by atoms with Crippen molar-refractivity contribution in [3.63, 3.8) is 0 Å². The Morgan fingerprint density at radius 3 is 2.79 bits per heavy atom. The Hall–Kier alpha value is -1.72. The first kappa shape index (κ1) is 12.3. The van der Waals surface area contributed by atoms with Gasteiger partial charge in [-0.2, -0.15) is 0 Å². The van der Waals surface area contributed by atoms with E-state index in [4.69, 9.17) is 0 Å². The molecule has 2 aromatic rings. The molecule has 19 heavy (non-hydrogen) atoms. The second-order valence-corrected chi connectivity index (χ2v) is 5.18. The van der Waals surface area contributed by atoms with Gasteiger partial charge in [0.1, 0.15) is 6.33 Å². The molecule has 0 atom stereocenters. The Labute approximate surface area is 112 Å². The van der Waals surface area contributed by atoms with Crippen LogP contribution in [0.25, 0.3) is 11.2 Å². The molecule has 0 unspecified atom stereocenters. The summed E-state index contributed by atoms with van der Waals surface area (Å²) in [5, 5.41) is 8.39. The van der Waals surface area contributed by atoms with Crippen molar-refractivity contribution < 1.29 is 0 Å². The fourth-order valence-corrected chi connectivity index (χ4v) is 2.89. The highest BCUT2D eigenvalue weighted by Crippen LogP contribution is 2.27. The molecule has 0 spiro atoms. The molecule has 0 aliphatic heterocycles. The summed E-state index contributed by atoms with van der Waals surface area (Å²) < 4.78 is 1.81. The summed E-state index contributed by atoms with van der Waals surface area (Å²) in [6, 6.07) is 0.568. The molecule has 102 valence electrons. The molecule has 3 rings (SSSR count). The van der Waals surface area contributed by atoms with Crippen molar-refractivity contribution in [3.05, 3.63) is 6.33 Å². The van der Waals surface area contributed by atoms with Crippen LogP contribution < -0.4 is 4.90 Å². The smallest absolute Gasteiger partial charge is 0.183 e. The van der Waals surface area contributed by atoms with Gasteiger partial charge in [-0.3, -0.25) is 0 Å². The van der Waals surface area contributed by atoms with Crippen molar-refractivity contribution in [2.75, 3.05) is 11.9 Å². The van der Waals surface area contributed by atoms with Gasteiger partial charge in [0.15, 0.2) is 17.0 Å². The number of nitrogens with zero attached hydrogens (tertiary/aromatic N) is 6.